The van der Waals surface area contributed by atoms with Crippen LogP contribution in [-0.2, 0) is 17.6 Å². The number of nitrogens with zero attached hydrogens (tertiary/aromatic N) is 2. The van der Waals surface area contributed by atoms with E-state index in [1.165, 1.54) is 23.3 Å². The Labute approximate surface area is 114 Å². The lowest BCUT2D eigenvalue weighted by atomic mass is 9.97. The van der Waals surface area contributed by atoms with Gasteiger partial charge in [-0.3, -0.25) is 4.79 Å². The van der Waals surface area contributed by atoms with Gasteiger partial charge in [-0.1, -0.05) is 0 Å². The van der Waals surface area contributed by atoms with Crippen LogP contribution >= 0.6 is 11.3 Å². The van der Waals surface area contributed by atoms with Crippen LogP contribution in [0.2, 0.25) is 0 Å². The summed E-state index contributed by atoms with van der Waals surface area (Å²) in [7, 11) is 0. The van der Waals surface area contributed by atoms with E-state index in [2.05, 4.69) is 15.3 Å². The first-order chi connectivity index (χ1) is 9.15. The molecule has 19 heavy (non-hydrogen) atoms. The molecule has 0 bridgehead atoms. The highest BCUT2D eigenvalue weighted by molar-refractivity contribution is 7.19. The van der Waals surface area contributed by atoms with Gasteiger partial charge in [0.1, 0.15) is 23.0 Å². The number of aryl methyl sites for hydroxylation is 3. The van der Waals surface area contributed by atoms with Gasteiger partial charge in [0.05, 0.1) is 5.39 Å². The molecule has 2 aromatic heterocycles. The summed E-state index contributed by atoms with van der Waals surface area (Å²) < 4.78 is 0. The van der Waals surface area contributed by atoms with Crippen LogP contribution in [-0.4, -0.2) is 27.6 Å². The Bertz CT molecular complexity index is 651. The Kier molecular flexibility index (Phi) is 3.10. The predicted octanol–water partition coefficient (Wildman–Crippen LogP) is 2.38. The van der Waals surface area contributed by atoms with E-state index in [0.29, 0.717) is 11.6 Å². The van der Waals surface area contributed by atoms with Crippen LogP contribution in [0.5, 0.6) is 0 Å². The molecule has 5 nitrogen and oxygen atoms in total. The fraction of sp³-hybridized carbons (Fsp3) is 0.462. The van der Waals surface area contributed by atoms with Crippen molar-refractivity contribution in [1.29, 1.82) is 0 Å². The molecule has 0 unspecified atom stereocenters. The van der Waals surface area contributed by atoms with E-state index in [4.69, 9.17) is 5.11 Å². The van der Waals surface area contributed by atoms with Gasteiger partial charge >= 0.3 is 5.97 Å². The maximum Gasteiger partial charge on any atom is 0.322 e. The van der Waals surface area contributed by atoms with Crippen molar-refractivity contribution >= 4 is 33.3 Å². The molecule has 0 radical (unpaired) electrons. The molecule has 2 aromatic rings. The second kappa shape index (κ2) is 4.77. The van der Waals surface area contributed by atoms with Gasteiger partial charge in [0.15, 0.2) is 0 Å². The lowest BCUT2D eigenvalue weighted by molar-refractivity contribution is -0.134. The van der Waals surface area contributed by atoms with Crippen LogP contribution < -0.4 is 5.32 Å². The van der Waals surface area contributed by atoms with Crippen molar-refractivity contribution in [2.75, 3.05) is 11.9 Å². The molecule has 0 fully saturated rings. The maximum atomic E-state index is 10.7. The summed E-state index contributed by atoms with van der Waals surface area (Å²) >= 11 is 1.72. The monoisotopic (exact) mass is 277 g/mol. The van der Waals surface area contributed by atoms with Crippen LogP contribution in [0.4, 0.5) is 5.82 Å². The molecule has 0 amide bonds. The highest BCUT2D eigenvalue weighted by atomic mass is 32.1. The minimum Gasteiger partial charge on any atom is -0.480 e. The molecule has 1 aliphatic carbocycles. The third-order valence-corrected chi connectivity index (χ3v) is 4.52. The van der Waals surface area contributed by atoms with Gasteiger partial charge in [-0.2, -0.15) is 0 Å². The molecule has 3 rings (SSSR count). The van der Waals surface area contributed by atoms with Crippen molar-refractivity contribution < 1.29 is 9.90 Å². The largest absolute Gasteiger partial charge is 0.480 e. The molecule has 0 saturated heterocycles. The molecule has 2 N–H and O–H groups in total. The average molecular weight is 277 g/mol. The van der Waals surface area contributed by atoms with E-state index in [1.54, 1.807) is 11.3 Å². The number of anilines is 1. The summed E-state index contributed by atoms with van der Waals surface area (Å²) in [5, 5.41) is 12.8. The second-order valence-electron chi connectivity index (χ2n) is 4.76. The Morgan fingerprint density at radius 1 is 1.37 bits per heavy atom. The van der Waals surface area contributed by atoms with Gasteiger partial charge in [-0.15, -0.1) is 11.3 Å². The third-order valence-electron chi connectivity index (χ3n) is 3.33. The Hall–Kier alpha value is -1.69. The smallest absolute Gasteiger partial charge is 0.322 e. The van der Waals surface area contributed by atoms with Crippen molar-refractivity contribution in [2.45, 2.75) is 32.6 Å². The first-order valence-corrected chi connectivity index (χ1v) is 7.21. The number of fused-ring (bicyclic) bond motifs is 3. The minimum absolute atomic E-state index is 0.115. The van der Waals surface area contributed by atoms with Crippen LogP contribution in [0, 0.1) is 6.92 Å². The van der Waals surface area contributed by atoms with E-state index >= 15 is 0 Å². The summed E-state index contributed by atoms with van der Waals surface area (Å²) in [5.41, 5.74) is 1.32. The zero-order valence-corrected chi connectivity index (χ0v) is 11.5. The fourth-order valence-corrected chi connectivity index (χ4v) is 3.86. The van der Waals surface area contributed by atoms with Crippen LogP contribution in [0.1, 0.15) is 29.1 Å². The number of thiophene rings is 1. The summed E-state index contributed by atoms with van der Waals surface area (Å²) in [4.78, 5) is 21.9. The Morgan fingerprint density at radius 3 is 2.95 bits per heavy atom. The standard InChI is InChI=1S/C13H15N3O2S/c1-7-15-12(14-6-10(17)18)11-8-4-2-3-5-9(8)19-13(11)16-7/h2-6H2,1H3,(H,17,18)(H,14,15,16). The zero-order valence-electron chi connectivity index (χ0n) is 10.7. The SMILES string of the molecule is Cc1nc(NCC(=O)O)c2c3c(sc2n1)CCCC3. The molecule has 0 atom stereocenters. The van der Waals surface area contributed by atoms with Gasteiger partial charge < -0.3 is 10.4 Å². The number of carbonyl (C=O) groups is 1. The highest BCUT2D eigenvalue weighted by Crippen LogP contribution is 2.38. The average Bonchev–Trinajstić information content (AvgIpc) is 2.73. The highest BCUT2D eigenvalue weighted by Gasteiger charge is 2.20. The summed E-state index contributed by atoms with van der Waals surface area (Å²) in [5.74, 6) is 0.469. The molecule has 6 heteroatoms. The van der Waals surface area contributed by atoms with E-state index in [0.717, 1.165) is 23.1 Å². The first-order valence-electron chi connectivity index (χ1n) is 6.39. The maximum absolute atomic E-state index is 10.7. The van der Waals surface area contributed by atoms with E-state index in [-0.39, 0.29) is 6.54 Å². The first kappa shape index (κ1) is 12.3. The van der Waals surface area contributed by atoms with Gasteiger partial charge in [-0.25, -0.2) is 9.97 Å². The number of hydrogen-bond donors (Lipinski definition) is 2. The van der Waals surface area contributed by atoms with Crippen LogP contribution in [0.15, 0.2) is 0 Å². The number of carboxylic acid groups (broad SMARTS) is 1. The van der Waals surface area contributed by atoms with E-state index in [1.807, 2.05) is 6.92 Å². The van der Waals surface area contributed by atoms with Crippen molar-refractivity contribution in [3.05, 3.63) is 16.3 Å². The predicted molar refractivity (Wildman–Crippen MR) is 74.9 cm³/mol. The normalized spacial score (nSPS) is 14.4. The molecule has 0 saturated carbocycles. The topological polar surface area (TPSA) is 75.1 Å². The molecule has 2 heterocycles. The molecule has 0 spiro atoms. The van der Waals surface area contributed by atoms with Crippen molar-refractivity contribution in [2.24, 2.45) is 0 Å². The quantitative estimate of drug-likeness (QED) is 0.901. The van der Waals surface area contributed by atoms with Crippen molar-refractivity contribution in [3.8, 4) is 0 Å². The number of carboxylic acids is 1. The number of aliphatic carboxylic acids is 1. The van der Waals surface area contributed by atoms with Gasteiger partial charge in [0.2, 0.25) is 0 Å². The molecular formula is C13H15N3O2S. The van der Waals surface area contributed by atoms with Crippen molar-refractivity contribution in [1.82, 2.24) is 9.97 Å². The van der Waals surface area contributed by atoms with Crippen LogP contribution in [0.3, 0.4) is 0 Å². The second-order valence-corrected chi connectivity index (χ2v) is 5.84. The van der Waals surface area contributed by atoms with Gasteiger partial charge in [0, 0.05) is 4.88 Å². The minimum atomic E-state index is -0.881. The number of hydrogen-bond acceptors (Lipinski definition) is 5. The molecule has 100 valence electrons. The van der Waals surface area contributed by atoms with Gasteiger partial charge in [-0.05, 0) is 38.2 Å². The van der Waals surface area contributed by atoms with E-state index in [9.17, 15) is 4.79 Å². The Morgan fingerprint density at radius 2 is 2.16 bits per heavy atom. The fourth-order valence-electron chi connectivity index (χ4n) is 2.55. The number of nitrogens with one attached hydrogen (secondary N) is 1. The molecule has 1 aliphatic rings. The number of rotatable bonds is 3. The molecular weight excluding hydrogens is 262 g/mol. The lowest BCUT2D eigenvalue weighted by Crippen LogP contribution is -2.14. The van der Waals surface area contributed by atoms with E-state index < -0.39 is 5.97 Å². The van der Waals surface area contributed by atoms with Gasteiger partial charge in [0.25, 0.3) is 0 Å². The lowest BCUT2D eigenvalue weighted by Gasteiger charge is -2.12. The summed E-state index contributed by atoms with van der Waals surface area (Å²) in [6.07, 6.45) is 4.56. The molecule has 0 aliphatic heterocycles. The summed E-state index contributed by atoms with van der Waals surface area (Å²) in [6, 6.07) is 0. The van der Waals surface area contributed by atoms with Crippen molar-refractivity contribution in [3.63, 3.8) is 0 Å². The zero-order chi connectivity index (χ0) is 13.4. The summed E-state index contributed by atoms with van der Waals surface area (Å²) in [6.45, 7) is 1.72. The molecule has 0 aromatic carbocycles. The third kappa shape index (κ3) is 2.28. The Balaban J connectivity index is 2.13. The van der Waals surface area contributed by atoms with Crippen LogP contribution in [0.25, 0.3) is 10.2 Å². The number of aromatic nitrogens is 2.